The molecule has 3 rings (SSSR count). The van der Waals surface area contributed by atoms with E-state index in [0.29, 0.717) is 22.4 Å². The third kappa shape index (κ3) is 3.50. The molecule has 1 amide bonds. The Morgan fingerprint density at radius 2 is 1.83 bits per heavy atom. The van der Waals surface area contributed by atoms with Crippen molar-refractivity contribution in [3.8, 4) is 11.5 Å². The molecule has 1 aromatic heterocycles. The van der Waals surface area contributed by atoms with Crippen molar-refractivity contribution in [2.75, 3.05) is 5.32 Å². The summed E-state index contributed by atoms with van der Waals surface area (Å²) in [4.78, 5) is 12.4. The van der Waals surface area contributed by atoms with Crippen molar-refractivity contribution in [3.63, 3.8) is 0 Å². The molecule has 122 valence electrons. The normalized spacial score (nSPS) is 10.5. The van der Waals surface area contributed by atoms with Gasteiger partial charge in [0.25, 0.3) is 5.91 Å². The van der Waals surface area contributed by atoms with Crippen LogP contribution >= 0.6 is 23.2 Å². The Labute approximate surface area is 147 Å². The van der Waals surface area contributed by atoms with Gasteiger partial charge < -0.3 is 9.15 Å². The van der Waals surface area contributed by atoms with Crippen molar-refractivity contribution in [2.45, 2.75) is 6.92 Å². The number of benzene rings is 2. The second kappa shape index (κ2) is 6.90. The third-order valence-corrected chi connectivity index (χ3v) is 3.82. The highest BCUT2D eigenvalue weighted by Gasteiger charge is 2.16. The number of hydrogen-bond donors (Lipinski definition) is 1. The molecular weight excluding hydrogens is 353 g/mol. The van der Waals surface area contributed by atoms with Crippen LogP contribution in [0.4, 0.5) is 6.01 Å². The molecule has 0 spiro atoms. The van der Waals surface area contributed by atoms with Crippen LogP contribution in [0.25, 0.3) is 0 Å². The summed E-state index contributed by atoms with van der Waals surface area (Å²) >= 11 is 12.1. The molecule has 0 atom stereocenters. The van der Waals surface area contributed by atoms with Crippen LogP contribution in [0.5, 0.6) is 11.5 Å². The van der Waals surface area contributed by atoms with E-state index in [1.807, 2.05) is 0 Å². The van der Waals surface area contributed by atoms with Crippen LogP contribution in [0.15, 0.2) is 46.9 Å². The number of amides is 1. The molecule has 0 aliphatic rings. The minimum absolute atomic E-state index is 0.00749. The molecule has 0 radical (unpaired) electrons. The van der Waals surface area contributed by atoms with Gasteiger partial charge in [-0.3, -0.25) is 10.1 Å². The molecule has 1 N–H and O–H groups in total. The van der Waals surface area contributed by atoms with Crippen molar-refractivity contribution < 1.29 is 13.9 Å². The molecule has 0 aliphatic heterocycles. The number of hydrogen-bond acceptors (Lipinski definition) is 5. The summed E-state index contributed by atoms with van der Waals surface area (Å²) in [5.74, 6) is 0.557. The van der Waals surface area contributed by atoms with Crippen molar-refractivity contribution in [1.29, 1.82) is 0 Å². The molecule has 0 aliphatic carbocycles. The zero-order chi connectivity index (χ0) is 17.1. The number of anilines is 1. The lowest BCUT2D eigenvalue weighted by Gasteiger charge is -2.11. The Hall–Kier alpha value is -2.57. The second-order valence-corrected chi connectivity index (χ2v) is 5.52. The minimum Gasteiger partial charge on any atom is -0.455 e. The summed E-state index contributed by atoms with van der Waals surface area (Å²) in [5, 5.41) is 10.5. The fourth-order valence-corrected chi connectivity index (χ4v) is 2.27. The smallest absolute Gasteiger partial charge is 0.322 e. The maximum Gasteiger partial charge on any atom is 0.322 e. The Balaban J connectivity index is 1.87. The number of aryl methyl sites for hydroxylation is 1. The van der Waals surface area contributed by atoms with E-state index < -0.39 is 5.91 Å². The Morgan fingerprint density at radius 3 is 2.58 bits per heavy atom. The lowest BCUT2D eigenvalue weighted by Crippen LogP contribution is -2.13. The number of para-hydroxylation sites is 1. The molecule has 3 aromatic rings. The standard InChI is InChI=1S/C16H11Cl2N3O3/c1-9-20-21-16(23-9)19-15(22)10-5-2-3-7-12(10)24-13-8-4-6-11(17)14(13)18/h2-8H,1H3,(H,19,21,22). The number of nitrogens with one attached hydrogen (secondary N) is 1. The van der Waals surface area contributed by atoms with Crippen molar-refractivity contribution in [2.24, 2.45) is 0 Å². The average Bonchev–Trinajstić information content (AvgIpc) is 2.97. The highest BCUT2D eigenvalue weighted by molar-refractivity contribution is 6.42. The molecule has 0 saturated heterocycles. The van der Waals surface area contributed by atoms with Crippen LogP contribution in [0, 0.1) is 6.92 Å². The minimum atomic E-state index is -0.451. The van der Waals surface area contributed by atoms with Crippen LogP contribution in [0.1, 0.15) is 16.2 Å². The van der Waals surface area contributed by atoms with Gasteiger partial charge in [0.2, 0.25) is 5.89 Å². The van der Waals surface area contributed by atoms with Crippen LogP contribution in [-0.4, -0.2) is 16.1 Å². The Bertz CT molecular complexity index is 896. The summed E-state index contributed by atoms with van der Waals surface area (Å²) in [7, 11) is 0. The van der Waals surface area contributed by atoms with Gasteiger partial charge in [-0.1, -0.05) is 46.5 Å². The van der Waals surface area contributed by atoms with E-state index in [4.69, 9.17) is 32.4 Å². The number of carbonyl (C=O) groups excluding carboxylic acids is 1. The molecule has 0 unspecified atom stereocenters. The van der Waals surface area contributed by atoms with Gasteiger partial charge in [0, 0.05) is 6.92 Å². The van der Waals surface area contributed by atoms with Crippen LogP contribution < -0.4 is 10.1 Å². The predicted molar refractivity (Wildman–Crippen MR) is 90.0 cm³/mol. The zero-order valence-electron chi connectivity index (χ0n) is 12.4. The number of ether oxygens (including phenoxy) is 1. The first kappa shape index (κ1) is 16.3. The van der Waals surface area contributed by atoms with Crippen molar-refractivity contribution in [1.82, 2.24) is 10.2 Å². The summed E-state index contributed by atoms with van der Waals surface area (Å²) in [6, 6.07) is 11.7. The first-order chi connectivity index (χ1) is 11.5. The van der Waals surface area contributed by atoms with Crippen LogP contribution in [0.3, 0.4) is 0 Å². The first-order valence-corrected chi connectivity index (χ1v) is 7.62. The van der Waals surface area contributed by atoms with Gasteiger partial charge in [-0.2, -0.15) is 0 Å². The quantitative estimate of drug-likeness (QED) is 0.724. The number of halogens is 2. The first-order valence-electron chi connectivity index (χ1n) is 6.87. The predicted octanol–water partition coefficient (Wildman–Crippen LogP) is 4.73. The van der Waals surface area contributed by atoms with E-state index in [9.17, 15) is 4.79 Å². The maximum atomic E-state index is 12.4. The summed E-state index contributed by atoms with van der Waals surface area (Å²) in [6.07, 6.45) is 0. The second-order valence-electron chi connectivity index (χ2n) is 4.73. The van der Waals surface area contributed by atoms with Gasteiger partial charge in [0.1, 0.15) is 16.5 Å². The van der Waals surface area contributed by atoms with E-state index in [0.717, 1.165) is 0 Å². The van der Waals surface area contributed by atoms with E-state index in [1.165, 1.54) is 0 Å². The fourth-order valence-electron chi connectivity index (χ4n) is 1.94. The lowest BCUT2D eigenvalue weighted by molar-refractivity contribution is 0.102. The number of aromatic nitrogens is 2. The van der Waals surface area contributed by atoms with E-state index in [2.05, 4.69) is 15.5 Å². The van der Waals surface area contributed by atoms with Gasteiger partial charge in [-0.15, -0.1) is 5.10 Å². The largest absolute Gasteiger partial charge is 0.455 e. The Kier molecular flexibility index (Phi) is 4.69. The fraction of sp³-hybridized carbons (Fsp3) is 0.0625. The molecule has 0 fully saturated rings. The van der Waals surface area contributed by atoms with Gasteiger partial charge >= 0.3 is 6.01 Å². The molecule has 24 heavy (non-hydrogen) atoms. The summed E-state index contributed by atoms with van der Waals surface area (Å²) in [5.41, 5.74) is 0.282. The molecule has 1 heterocycles. The van der Waals surface area contributed by atoms with E-state index in [1.54, 1.807) is 49.4 Å². The van der Waals surface area contributed by atoms with Crippen LogP contribution in [-0.2, 0) is 0 Å². The van der Waals surface area contributed by atoms with E-state index in [-0.39, 0.29) is 16.6 Å². The summed E-state index contributed by atoms with van der Waals surface area (Å²) in [6.45, 7) is 1.63. The number of rotatable bonds is 4. The highest BCUT2D eigenvalue weighted by Crippen LogP contribution is 2.35. The molecule has 0 saturated carbocycles. The monoisotopic (exact) mass is 363 g/mol. The van der Waals surface area contributed by atoms with Gasteiger partial charge in [-0.25, -0.2) is 0 Å². The van der Waals surface area contributed by atoms with E-state index >= 15 is 0 Å². The third-order valence-electron chi connectivity index (χ3n) is 3.01. The summed E-state index contributed by atoms with van der Waals surface area (Å²) < 4.78 is 10.9. The van der Waals surface area contributed by atoms with Crippen molar-refractivity contribution >= 4 is 35.1 Å². The SMILES string of the molecule is Cc1nnc(NC(=O)c2ccccc2Oc2cccc(Cl)c2Cl)o1. The van der Waals surface area contributed by atoms with Gasteiger partial charge in [0.05, 0.1) is 10.6 Å². The van der Waals surface area contributed by atoms with Crippen molar-refractivity contribution in [3.05, 3.63) is 64.0 Å². The zero-order valence-corrected chi connectivity index (χ0v) is 13.9. The topological polar surface area (TPSA) is 77.2 Å². The molecule has 2 aromatic carbocycles. The highest BCUT2D eigenvalue weighted by atomic mass is 35.5. The molecule has 0 bridgehead atoms. The number of carbonyl (C=O) groups is 1. The lowest BCUT2D eigenvalue weighted by atomic mass is 10.2. The molecule has 6 nitrogen and oxygen atoms in total. The van der Waals surface area contributed by atoms with Gasteiger partial charge in [0.15, 0.2) is 0 Å². The van der Waals surface area contributed by atoms with Crippen LogP contribution in [0.2, 0.25) is 10.0 Å². The maximum absolute atomic E-state index is 12.4. The molecule has 8 heteroatoms. The number of nitrogens with zero attached hydrogens (tertiary/aromatic N) is 2. The average molecular weight is 364 g/mol. The van der Waals surface area contributed by atoms with Gasteiger partial charge in [-0.05, 0) is 24.3 Å². The Morgan fingerprint density at radius 1 is 1.08 bits per heavy atom. The molecular formula is C16H11Cl2N3O3.